The number of methoxy groups -OCH3 is 2. The molecule has 1 fully saturated rings. The molecule has 4 aromatic rings. The van der Waals surface area contributed by atoms with Gasteiger partial charge in [0.25, 0.3) is 0 Å². The van der Waals surface area contributed by atoms with Gasteiger partial charge in [-0.1, -0.05) is 61.7 Å². The lowest BCUT2D eigenvalue weighted by Gasteiger charge is -2.33. The number of hydrogen-bond acceptors (Lipinski definition) is 4. The van der Waals surface area contributed by atoms with Gasteiger partial charge in [0.05, 0.1) is 20.6 Å². The van der Waals surface area contributed by atoms with Crippen molar-refractivity contribution in [3.63, 3.8) is 0 Å². The van der Waals surface area contributed by atoms with Crippen molar-refractivity contribution in [1.82, 2.24) is 15.2 Å². The van der Waals surface area contributed by atoms with Crippen LogP contribution >= 0.6 is 0 Å². The van der Waals surface area contributed by atoms with Crippen LogP contribution in [-0.4, -0.2) is 42.0 Å². The molecule has 208 valence electrons. The highest BCUT2D eigenvalue weighted by molar-refractivity contribution is 5.92. The Morgan fingerprint density at radius 3 is 2.23 bits per heavy atom. The topological polar surface area (TPSA) is 83.7 Å². The van der Waals surface area contributed by atoms with Gasteiger partial charge < -0.3 is 24.7 Å². The summed E-state index contributed by atoms with van der Waals surface area (Å²) in [6.45, 7) is 0.278. The van der Waals surface area contributed by atoms with Crippen LogP contribution < -0.4 is 14.8 Å². The number of fused-ring (bicyclic) bond motifs is 1. The molecule has 3 aromatic carbocycles. The van der Waals surface area contributed by atoms with Gasteiger partial charge in [0.15, 0.2) is 0 Å². The van der Waals surface area contributed by atoms with Crippen LogP contribution in [0.15, 0.2) is 79.0 Å². The number of aromatic nitrogens is 1. The summed E-state index contributed by atoms with van der Waals surface area (Å²) >= 11 is 0. The Bertz CT molecular complexity index is 1420. The molecule has 1 aliphatic rings. The van der Waals surface area contributed by atoms with E-state index in [-0.39, 0.29) is 30.8 Å². The number of ether oxygens (including phenoxy) is 2. The monoisotopic (exact) mass is 539 g/mol. The van der Waals surface area contributed by atoms with Crippen molar-refractivity contribution in [2.24, 2.45) is 0 Å². The normalized spacial score (nSPS) is 14.4. The molecular weight excluding hydrogens is 502 g/mol. The first-order valence-electron chi connectivity index (χ1n) is 14.0. The minimum atomic E-state index is -0.798. The molecule has 40 heavy (non-hydrogen) atoms. The van der Waals surface area contributed by atoms with Crippen molar-refractivity contribution < 1.29 is 19.1 Å². The van der Waals surface area contributed by atoms with Crippen LogP contribution in [0.4, 0.5) is 0 Å². The van der Waals surface area contributed by atoms with Gasteiger partial charge in [-0.3, -0.25) is 9.59 Å². The van der Waals surface area contributed by atoms with E-state index in [1.807, 2.05) is 79.0 Å². The molecule has 1 aliphatic carbocycles. The maximum atomic E-state index is 14.2. The lowest BCUT2D eigenvalue weighted by molar-refractivity contribution is -0.141. The summed E-state index contributed by atoms with van der Waals surface area (Å²) in [5, 5.41) is 4.29. The lowest BCUT2D eigenvalue weighted by atomic mass is 9.94. The molecule has 2 N–H and O–H groups in total. The minimum Gasteiger partial charge on any atom is -0.497 e. The van der Waals surface area contributed by atoms with E-state index in [1.54, 1.807) is 19.1 Å². The average molecular weight is 540 g/mol. The summed E-state index contributed by atoms with van der Waals surface area (Å²) < 4.78 is 10.7. The van der Waals surface area contributed by atoms with Crippen molar-refractivity contribution in [2.45, 2.75) is 57.2 Å². The van der Waals surface area contributed by atoms with Gasteiger partial charge in [0.2, 0.25) is 11.8 Å². The number of aromatic amines is 1. The Kier molecular flexibility index (Phi) is 8.69. The molecule has 1 heterocycles. The Labute approximate surface area is 235 Å². The van der Waals surface area contributed by atoms with E-state index >= 15 is 0 Å². The zero-order valence-corrected chi connectivity index (χ0v) is 23.2. The van der Waals surface area contributed by atoms with Gasteiger partial charge in [-0.25, -0.2) is 0 Å². The first-order chi connectivity index (χ1) is 19.6. The van der Waals surface area contributed by atoms with Gasteiger partial charge in [-0.2, -0.15) is 0 Å². The van der Waals surface area contributed by atoms with Crippen LogP contribution in [-0.2, 0) is 22.6 Å². The average Bonchev–Trinajstić information content (AvgIpc) is 3.40. The highest BCUT2D eigenvalue weighted by Crippen LogP contribution is 2.29. The maximum absolute atomic E-state index is 14.2. The van der Waals surface area contributed by atoms with Crippen molar-refractivity contribution in [3.05, 3.63) is 95.7 Å². The van der Waals surface area contributed by atoms with Crippen LogP contribution in [0.25, 0.3) is 10.9 Å². The van der Waals surface area contributed by atoms with Crippen LogP contribution in [0.1, 0.15) is 54.8 Å². The summed E-state index contributed by atoms with van der Waals surface area (Å²) in [6, 6.07) is 22.3. The minimum absolute atomic E-state index is 0.119. The predicted molar refractivity (Wildman–Crippen MR) is 156 cm³/mol. The second-order valence-electron chi connectivity index (χ2n) is 10.4. The van der Waals surface area contributed by atoms with Crippen molar-refractivity contribution in [1.29, 1.82) is 0 Å². The number of benzene rings is 3. The number of nitrogens with one attached hydrogen (secondary N) is 2. The standard InChI is InChI=1S/C33H37N3O4/c1-39-27-16-12-23(13-17-27)22-36(31(37)20-25-21-34-30-11-7-6-10-29(25)30)32(24-14-18-28(40-2)19-15-24)33(38)35-26-8-4-3-5-9-26/h6-7,10-19,21,26,32,34H,3-5,8-9,20,22H2,1-2H3,(H,35,38). The Morgan fingerprint density at radius 2 is 1.55 bits per heavy atom. The van der Waals surface area contributed by atoms with Gasteiger partial charge in [-0.15, -0.1) is 0 Å². The molecule has 0 bridgehead atoms. The van der Waals surface area contributed by atoms with Crippen LogP contribution in [0.5, 0.6) is 11.5 Å². The summed E-state index contributed by atoms with van der Waals surface area (Å²) in [5.74, 6) is 1.15. The van der Waals surface area contributed by atoms with Gasteiger partial charge in [0.1, 0.15) is 17.5 Å². The van der Waals surface area contributed by atoms with Crippen LogP contribution in [0.3, 0.4) is 0 Å². The highest BCUT2D eigenvalue weighted by atomic mass is 16.5. The second kappa shape index (κ2) is 12.7. The number of para-hydroxylation sites is 1. The molecule has 1 atom stereocenters. The highest BCUT2D eigenvalue weighted by Gasteiger charge is 2.33. The number of nitrogens with zero attached hydrogens (tertiary/aromatic N) is 1. The quantitative estimate of drug-likeness (QED) is 0.261. The van der Waals surface area contributed by atoms with E-state index in [1.165, 1.54) is 6.42 Å². The Balaban J connectivity index is 1.52. The lowest BCUT2D eigenvalue weighted by Crippen LogP contribution is -2.47. The van der Waals surface area contributed by atoms with E-state index in [4.69, 9.17) is 9.47 Å². The number of hydrogen-bond donors (Lipinski definition) is 2. The van der Waals surface area contributed by atoms with Gasteiger partial charge in [-0.05, 0) is 59.9 Å². The molecule has 0 spiro atoms. The molecule has 1 saturated carbocycles. The van der Waals surface area contributed by atoms with Crippen LogP contribution in [0, 0.1) is 0 Å². The van der Waals surface area contributed by atoms with Gasteiger partial charge >= 0.3 is 0 Å². The van der Waals surface area contributed by atoms with Crippen molar-refractivity contribution >= 4 is 22.7 Å². The summed E-state index contributed by atoms with van der Waals surface area (Å²) in [5.41, 5.74) is 3.54. The molecule has 5 rings (SSSR count). The molecule has 7 nitrogen and oxygen atoms in total. The van der Waals surface area contributed by atoms with E-state index in [2.05, 4.69) is 10.3 Å². The number of carbonyl (C=O) groups is 2. The second-order valence-corrected chi connectivity index (χ2v) is 10.4. The molecule has 2 amide bonds. The predicted octanol–water partition coefficient (Wildman–Crippen LogP) is 5.95. The van der Waals surface area contributed by atoms with Gasteiger partial charge in [0, 0.05) is 29.7 Å². The molecule has 1 aromatic heterocycles. The van der Waals surface area contributed by atoms with E-state index in [0.29, 0.717) is 5.75 Å². The van der Waals surface area contributed by atoms with Crippen molar-refractivity contribution in [3.8, 4) is 11.5 Å². The Morgan fingerprint density at radius 1 is 0.900 bits per heavy atom. The zero-order chi connectivity index (χ0) is 27.9. The van der Waals surface area contributed by atoms with E-state index in [9.17, 15) is 9.59 Å². The SMILES string of the molecule is COc1ccc(CN(C(=O)Cc2c[nH]c3ccccc23)C(C(=O)NC2CCCCC2)c2ccc(OC)cc2)cc1. The molecule has 0 saturated heterocycles. The number of rotatable bonds is 10. The smallest absolute Gasteiger partial charge is 0.247 e. The maximum Gasteiger partial charge on any atom is 0.247 e. The number of H-pyrrole nitrogens is 1. The summed E-state index contributed by atoms with van der Waals surface area (Å²) in [6.07, 6.45) is 7.38. The fourth-order valence-corrected chi connectivity index (χ4v) is 5.58. The molecule has 1 unspecified atom stereocenters. The molecule has 7 heteroatoms. The third-order valence-corrected chi connectivity index (χ3v) is 7.79. The molecular formula is C33H37N3O4. The number of carbonyl (C=O) groups excluding carboxylic acids is 2. The zero-order valence-electron chi connectivity index (χ0n) is 23.2. The van der Waals surface area contributed by atoms with E-state index in [0.717, 1.165) is 59.0 Å². The van der Waals surface area contributed by atoms with Crippen LogP contribution in [0.2, 0.25) is 0 Å². The first-order valence-corrected chi connectivity index (χ1v) is 14.0. The van der Waals surface area contributed by atoms with Crippen molar-refractivity contribution in [2.75, 3.05) is 14.2 Å². The third kappa shape index (κ3) is 6.30. The molecule has 0 radical (unpaired) electrons. The fourth-order valence-electron chi connectivity index (χ4n) is 5.58. The third-order valence-electron chi connectivity index (χ3n) is 7.79. The largest absolute Gasteiger partial charge is 0.497 e. The molecule has 0 aliphatic heterocycles. The first kappa shape index (κ1) is 27.3. The summed E-state index contributed by atoms with van der Waals surface area (Å²) in [7, 11) is 3.24. The Hall–Kier alpha value is -4.26. The fraction of sp³-hybridized carbons (Fsp3) is 0.333. The van der Waals surface area contributed by atoms with E-state index < -0.39 is 6.04 Å². The summed E-state index contributed by atoms with van der Waals surface area (Å²) in [4.78, 5) is 33.2. The number of amides is 2.